The van der Waals surface area contributed by atoms with Crippen LogP contribution in [0.1, 0.15) is 12.8 Å². The summed E-state index contributed by atoms with van der Waals surface area (Å²) < 4.78 is 0. The Kier molecular flexibility index (Phi) is 5.23. The van der Waals surface area contributed by atoms with Gasteiger partial charge in [-0.3, -0.25) is 4.79 Å². The SMILES string of the molecule is CN(C)C(=O)N1CCC[C@H](C(=O)N2CCN(c3nccs3)CC2)C1. The lowest BCUT2D eigenvalue weighted by molar-refractivity contribution is -0.137. The number of hydrogen-bond acceptors (Lipinski definition) is 5. The van der Waals surface area contributed by atoms with E-state index in [4.69, 9.17) is 0 Å². The van der Waals surface area contributed by atoms with E-state index >= 15 is 0 Å². The summed E-state index contributed by atoms with van der Waals surface area (Å²) in [6.45, 7) is 4.41. The number of anilines is 1. The normalized spacial score (nSPS) is 21.8. The number of carbonyl (C=O) groups is 2. The molecule has 0 aromatic carbocycles. The third-order valence-electron chi connectivity index (χ3n) is 4.70. The molecule has 0 aliphatic carbocycles. The maximum atomic E-state index is 12.8. The van der Waals surface area contributed by atoms with Crippen LogP contribution in [-0.2, 0) is 4.79 Å². The number of nitrogens with zero attached hydrogens (tertiary/aromatic N) is 5. The van der Waals surface area contributed by atoms with Crippen LogP contribution in [0.3, 0.4) is 0 Å². The molecule has 0 saturated carbocycles. The lowest BCUT2D eigenvalue weighted by atomic mass is 9.96. The van der Waals surface area contributed by atoms with Crippen molar-refractivity contribution in [1.82, 2.24) is 19.7 Å². The third-order valence-corrected chi connectivity index (χ3v) is 5.54. The summed E-state index contributed by atoms with van der Waals surface area (Å²) in [5.74, 6) is 0.138. The number of rotatable bonds is 2. The van der Waals surface area contributed by atoms with E-state index in [1.807, 2.05) is 16.5 Å². The van der Waals surface area contributed by atoms with Crippen molar-refractivity contribution in [2.24, 2.45) is 5.92 Å². The predicted molar refractivity (Wildman–Crippen MR) is 94.3 cm³/mol. The van der Waals surface area contributed by atoms with Crippen LogP contribution in [-0.4, -0.2) is 85.0 Å². The number of urea groups is 1. The highest BCUT2D eigenvalue weighted by molar-refractivity contribution is 7.13. The van der Waals surface area contributed by atoms with Gasteiger partial charge in [-0.05, 0) is 12.8 Å². The Labute approximate surface area is 146 Å². The number of hydrogen-bond donors (Lipinski definition) is 0. The lowest BCUT2D eigenvalue weighted by Gasteiger charge is -2.39. The number of aromatic nitrogens is 1. The Morgan fingerprint density at radius 2 is 1.92 bits per heavy atom. The van der Waals surface area contributed by atoms with Crippen LogP contribution < -0.4 is 4.90 Å². The van der Waals surface area contributed by atoms with Gasteiger partial charge in [0.1, 0.15) is 0 Å². The quantitative estimate of drug-likeness (QED) is 0.803. The second kappa shape index (κ2) is 7.38. The second-order valence-corrected chi connectivity index (χ2v) is 7.46. The standard InChI is InChI=1S/C16H25N5O2S/c1-18(2)16(23)21-6-3-4-13(12-21)14(22)19-7-9-20(10-8-19)15-17-5-11-24-15/h5,11,13H,3-4,6-10,12H2,1-2H3/t13-/m0/s1. The minimum Gasteiger partial charge on any atom is -0.345 e. The van der Waals surface area contributed by atoms with E-state index in [2.05, 4.69) is 9.88 Å². The minimum atomic E-state index is -0.0611. The number of piperidine rings is 1. The highest BCUT2D eigenvalue weighted by atomic mass is 32.1. The molecule has 3 rings (SSSR count). The molecule has 1 aromatic heterocycles. The van der Waals surface area contributed by atoms with Crippen LogP contribution in [0.5, 0.6) is 0 Å². The van der Waals surface area contributed by atoms with Gasteiger partial charge in [0, 0.05) is 64.9 Å². The van der Waals surface area contributed by atoms with Crippen LogP contribution in [0.15, 0.2) is 11.6 Å². The van der Waals surface area contributed by atoms with Crippen LogP contribution in [0.25, 0.3) is 0 Å². The van der Waals surface area contributed by atoms with E-state index in [1.54, 1.807) is 35.2 Å². The highest BCUT2D eigenvalue weighted by Gasteiger charge is 2.33. The first-order valence-electron chi connectivity index (χ1n) is 8.45. The van der Waals surface area contributed by atoms with E-state index in [-0.39, 0.29) is 17.9 Å². The summed E-state index contributed by atoms with van der Waals surface area (Å²) in [4.78, 5) is 36.9. The number of thiazole rings is 1. The fraction of sp³-hybridized carbons (Fsp3) is 0.688. The molecule has 7 nitrogen and oxygen atoms in total. The summed E-state index contributed by atoms with van der Waals surface area (Å²) >= 11 is 1.64. The molecule has 1 atom stereocenters. The van der Waals surface area contributed by atoms with Gasteiger partial charge in [-0.25, -0.2) is 9.78 Å². The maximum absolute atomic E-state index is 12.8. The van der Waals surface area contributed by atoms with Gasteiger partial charge in [-0.1, -0.05) is 0 Å². The molecule has 2 aliphatic rings. The van der Waals surface area contributed by atoms with Gasteiger partial charge >= 0.3 is 6.03 Å². The van der Waals surface area contributed by atoms with Gasteiger partial charge in [0.15, 0.2) is 5.13 Å². The van der Waals surface area contributed by atoms with Gasteiger partial charge in [0.25, 0.3) is 0 Å². The Morgan fingerprint density at radius 1 is 1.17 bits per heavy atom. The molecule has 8 heteroatoms. The predicted octanol–water partition coefficient (Wildman–Crippen LogP) is 1.19. The molecule has 1 aromatic rings. The molecule has 0 radical (unpaired) electrons. The van der Waals surface area contributed by atoms with Crippen LogP contribution in [0, 0.1) is 5.92 Å². The molecule has 3 heterocycles. The third kappa shape index (κ3) is 3.63. The maximum Gasteiger partial charge on any atom is 0.319 e. The first-order chi connectivity index (χ1) is 11.6. The summed E-state index contributed by atoms with van der Waals surface area (Å²) in [7, 11) is 3.51. The highest BCUT2D eigenvalue weighted by Crippen LogP contribution is 2.23. The zero-order chi connectivity index (χ0) is 17.1. The summed E-state index contributed by atoms with van der Waals surface area (Å²) in [5.41, 5.74) is 0. The second-order valence-electron chi connectivity index (χ2n) is 6.59. The van der Waals surface area contributed by atoms with Crippen molar-refractivity contribution in [3.05, 3.63) is 11.6 Å². The smallest absolute Gasteiger partial charge is 0.319 e. The van der Waals surface area contributed by atoms with Gasteiger partial charge in [-0.15, -0.1) is 11.3 Å². The lowest BCUT2D eigenvalue weighted by Crippen LogP contribution is -2.53. The molecule has 2 fully saturated rings. The molecule has 0 bridgehead atoms. The molecule has 2 saturated heterocycles. The van der Waals surface area contributed by atoms with Gasteiger partial charge in [0.2, 0.25) is 5.91 Å². The largest absolute Gasteiger partial charge is 0.345 e. The number of piperazine rings is 1. The number of carbonyl (C=O) groups excluding carboxylic acids is 2. The minimum absolute atomic E-state index is 0.00101. The van der Waals surface area contributed by atoms with Crippen LogP contribution in [0.4, 0.5) is 9.93 Å². The average Bonchev–Trinajstić information content (AvgIpc) is 3.15. The van der Waals surface area contributed by atoms with Crippen LogP contribution >= 0.6 is 11.3 Å². The van der Waals surface area contributed by atoms with Gasteiger partial charge in [-0.2, -0.15) is 0 Å². The molecule has 2 aliphatic heterocycles. The first kappa shape index (κ1) is 17.0. The molecular weight excluding hydrogens is 326 g/mol. The Balaban J connectivity index is 1.54. The fourth-order valence-electron chi connectivity index (χ4n) is 3.38. The first-order valence-corrected chi connectivity index (χ1v) is 9.33. The van der Waals surface area contributed by atoms with E-state index in [0.29, 0.717) is 6.54 Å². The number of amides is 3. The zero-order valence-electron chi connectivity index (χ0n) is 14.3. The average molecular weight is 351 g/mol. The Bertz CT molecular complexity index is 569. The summed E-state index contributed by atoms with van der Waals surface area (Å²) in [6, 6.07) is 0.00101. The van der Waals surface area contributed by atoms with Crippen LogP contribution in [0.2, 0.25) is 0 Å². The Morgan fingerprint density at radius 3 is 2.54 bits per heavy atom. The monoisotopic (exact) mass is 351 g/mol. The molecule has 0 N–H and O–H groups in total. The molecule has 132 valence electrons. The van der Waals surface area contributed by atoms with Crippen molar-refractivity contribution < 1.29 is 9.59 Å². The van der Waals surface area contributed by atoms with Crippen molar-refractivity contribution >= 4 is 28.4 Å². The van der Waals surface area contributed by atoms with E-state index in [9.17, 15) is 9.59 Å². The van der Waals surface area contributed by atoms with Gasteiger partial charge in [0.05, 0.1) is 5.92 Å². The Hall–Kier alpha value is -1.83. The van der Waals surface area contributed by atoms with Crippen molar-refractivity contribution in [1.29, 1.82) is 0 Å². The van der Waals surface area contributed by atoms with Crippen molar-refractivity contribution in [3.8, 4) is 0 Å². The van der Waals surface area contributed by atoms with Crippen molar-refractivity contribution in [2.75, 3.05) is 58.3 Å². The van der Waals surface area contributed by atoms with E-state index < -0.39 is 0 Å². The van der Waals surface area contributed by atoms with Crippen molar-refractivity contribution in [3.63, 3.8) is 0 Å². The topological polar surface area (TPSA) is 60.0 Å². The van der Waals surface area contributed by atoms with Crippen molar-refractivity contribution in [2.45, 2.75) is 12.8 Å². The molecule has 0 unspecified atom stereocenters. The molecule has 3 amide bonds. The summed E-state index contributed by atoms with van der Waals surface area (Å²) in [6.07, 6.45) is 3.59. The number of likely N-dealkylation sites (tertiary alicyclic amines) is 1. The zero-order valence-corrected chi connectivity index (χ0v) is 15.2. The molecule has 24 heavy (non-hydrogen) atoms. The summed E-state index contributed by atoms with van der Waals surface area (Å²) in [5, 5.41) is 3.01. The van der Waals surface area contributed by atoms with E-state index in [0.717, 1.165) is 50.7 Å². The fourth-order valence-corrected chi connectivity index (χ4v) is 4.08. The molecule has 0 spiro atoms. The molecular formula is C16H25N5O2S. The van der Waals surface area contributed by atoms with E-state index in [1.165, 1.54) is 0 Å². The van der Waals surface area contributed by atoms with Gasteiger partial charge < -0.3 is 19.6 Å².